The second kappa shape index (κ2) is 2.59. The predicted molar refractivity (Wildman–Crippen MR) is 57.2 cm³/mol. The fraction of sp³-hybridized carbons (Fsp3) is 0.600. The maximum Gasteiger partial charge on any atom is 0.100 e. The van der Waals surface area contributed by atoms with E-state index in [0.717, 1.165) is 12.8 Å². The van der Waals surface area contributed by atoms with E-state index in [0.29, 0.717) is 0 Å². The van der Waals surface area contributed by atoms with Gasteiger partial charge in [0.05, 0.1) is 4.88 Å². The summed E-state index contributed by atoms with van der Waals surface area (Å²) < 4.78 is 1.21. The monoisotopic (exact) mass is 258 g/mol. The van der Waals surface area contributed by atoms with Gasteiger partial charge < -0.3 is 5.11 Å². The summed E-state index contributed by atoms with van der Waals surface area (Å²) in [5.74, 6) is 0. The molecule has 0 aliphatic heterocycles. The van der Waals surface area contributed by atoms with Crippen LogP contribution >= 0.6 is 27.3 Å². The second-order valence-corrected chi connectivity index (χ2v) is 5.93. The molecule has 0 unspecified atom stereocenters. The topological polar surface area (TPSA) is 20.2 Å². The average Bonchev–Trinajstić information content (AvgIpc) is 2.62. The van der Waals surface area contributed by atoms with Gasteiger partial charge in [-0.2, -0.15) is 0 Å². The number of hydrogen-bond acceptors (Lipinski definition) is 2. The molecule has 70 valence electrons. The molecule has 1 aromatic rings. The van der Waals surface area contributed by atoms with Crippen LogP contribution in [0.25, 0.3) is 0 Å². The second-order valence-electron chi connectivity index (χ2n) is 4.03. The van der Waals surface area contributed by atoms with Crippen molar-refractivity contribution in [3.63, 3.8) is 0 Å². The van der Waals surface area contributed by atoms with Gasteiger partial charge in [-0.3, -0.25) is 0 Å². The lowest BCUT2D eigenvalue weighted by Crippen LogP contribution is -2.01. The molecule has 0 saturated heterocycles. The Bertz CT molecular complexity index is 365. The van der Waals surface area contributed by atoms with Crippen molar-refractivity contribution in [1.82, 2.24) is 0 Å². The Kier molecular flexibility index (Phi) is 1.68. The summed E-state index contributed by atoms with van der Waals surface area (Å²) in [5, 5.41) is 10.0. The zero-order valence-corrected chi connectivity index (χ0v) is 9.67. The Hall–Kier alpha value is 0.140. The summed E-state index contributed by atoms with van der Waals surface area (Å²) in [6.07, 6.45) is 5.60. The van der Waals surface area contributed by atoms with Crippen LogP contribution in [0.15, 0.2) is 4.47 Å². The van der Waals surface area contributed by atoms with Crippen molar-refractivity contribution in [2.75, 3.05) is 0 Å². The molecule has 1 nitrogen and oxygen atoms in total. The minimum Gasteiger partial charge on any atom is -0.384 e. The normalized spacial score (nSPS) is 23.2. The summed E-state index contributed by atoms with van der Waals surface area (Å²) in [6, 6.07) is 0. The SMILES string of the molecule is OC1(c2sc3c(c2Br)CCC3)CC1. The first-order chi connectivity index (χ1) is 6.21. The Morgan fingerprint density at radius 1 is 1.31 bits per heavy atom. The van der Waals surface area contributed by atoms with Gasteiger partial charge in [-0.25, -0.2) is 0 Å². The van der Waals surface area contributed by atoms with E-state index in [-0.39, 0.29) is 0 Å². The first kappa shape index (κ1) is 8.45. The van der Waals surface area contributed by atoms with Crippen LogP contribution in [-0.4, -0.2) is 5.11 Å². The van der Waals surface area contributed by atoms with Gasteiger partial charge in [0.15, 0.2) is 0 Å². The van der Waals surface area contributed by atoms with Crippen molar-refractivity contribution in [2.24, 2.45) is 0 Å². The number of fused-ring (bicyclic) bond motifs is 1. The Morgan fingerprint density at radius 3 is 2.69 bits per heavy atom. The smallest absolute Gasteiger partial charge is 0.100 e. The summed E-state index contributed by atoms with van der Waals surface area (Å²) in [7, 11) is 0. The predicted octanol–water partition coefficient (Wildman–Crippen LogP) is 2.98. The van der Waals surface area contributed by atoms with E-state index in [1.54, 1.807) is 0 Å². The van der Waals surface area contributed by atoms with Gasteiger partial charge >= 0.3 is 0 Å². The molecule has 1 aromatic heterocycles. The average molecular weight is 259 g/mol. The van der Waals surface area contributed by atoms with E-state index < -0.39 is 5.60 Å². The maximum absolute atomic E-state index is 10.0. The molecule has 1 fully saturated rings. The third-order valence-electron chi connectivity index (χ3n) is 3.00. The van der Waals surface area contributed by atoms with Gasteiger partial charge in [0.25, 0.3) is 0 Å². The molecule has 0 spiro atoms. The molecular formula is C10H11BrOS. The molecule has 3 rings (SSSR count). The van der Waals surface area contributed by atoms with Crippen molar-refractivity contribution in [1.29, 1.82) is 0 Å². The number of rotatable bonds is 1. The van der Waals surface area contributed by atoms with Crippen LogP contribution < -0.4 is 0 Å². The Labute approximate surface area is 89.9 Å². The van der Waals surface area contributed by atoms with Crippen LogP contribution in [0.2, 0.25) is 0 Å². The third-order valence-corrected chi connectivity index (χ3v) is 5.63. The van der Waals surface area contributed by atoms with E-state index in [2.05, 4.69) is 15.9 Å². The van der Waals surface area contributed by atoms with Crippen LogP contribution in [0.4, 0.5) is 0 Å². The molecule has 3 heteroatoms. The standard InChI is InChI=1S/C10H11BrOS/c11-8-6-2-1-3-7(6)13-9(8)10(12)4-5-10/h12H,1-5H2. The van der Waals surface area contributed by atoms with Gasteiger partial charge in [-0.05, 0) is 53.6 Å². The van der Waals surface area contributed by atoms with Gasteiger partial charge in [0.1, 0.15) is 5.60 Å². The van der Waals surface area contributed by atoms with Gasteiger partial charge in [0, 0.05) is 9.35 Å². The molecule has 0 bridgehead atoms. The number of thiophene rings is 1. The maximum atomic E-state index is 10.0. The van der Waals surface area contributed by atoms with Crippen molar-refractivity contribution in [2.45, 2.75) is 37.7 Å². The minimum absolute atomic E-state index is 0.451. The lowest BCUT2D eigenvalue weighted by atomic mass is 10.2. The Balaban J connectivity index is 2.12. The molecule has 2 aliphatic rings. The zero-order chi connectivity index (χ0) is 9.05. The van der Waals surface area contributed by atoms with Crippen LogP contribution in [0.5, 0.6) is 0 Å². The van der Waals surface area contributed by atoms with E-state index in [4.69, 9.17) is 0 Å². The summed E-state index contributed by atoms with van der Waals surface area (Å²) in [5.41, 5.74) is 1.02. The quantitative estimate of drug-likeness (QED) is 0.822. The molecular weight excluding hydrogens is 248 g/mol. The van der Waals surface area contributed by atoms with Gasteiger partial charge in [-0.1, -0.05) is 0 Å². The van der Waals surface area contributed by atoms with Crippen molar-refractivity contribution < 1.29 is 5.11 Å². The summed E-state index contributed by atoms with van der Waals surface area (Å²) in [4.78, 5) is 2.69. The zero-order valence-electron chi connectivity index (χ0n) is 7.27. The van der Waals surface area contributed by atoms with Crippen molar-refractivity contribution in [3.05, 3.63) is 19.8 Å². The molecule has 0 radical (unpaired) electrons. The van der Waals surface area contributed by atoms with Crippen molar-refractivity contribution in [3.8, 4) is 0 Å². The number of hydrogen-bond donors (Lipinski definition) is 1. The van der Waals surface area contributed by atoms with E-state index in [9.17, 15) is 5.11 Å². The highest BCUT2D eigenvalue weighted by atomic mass is 79.9. The fourth-order valence-electron chi connectivity index (χ4n) is 2.01. The lowest BCUT2D eigenvalue weighted by Gasteiger charge is -2.05. The molecule has 2 aliphatic carbocycles. The fourth-order valence-corrected chi connectivity index (χ4v) is 4.62. The molecule has 0 aromatic carbocycles. The van der Waals surface area contributed by atoms with Crippen molar-refractivity contribution >= 4 is 27.3 Å². The first-order valence-electron chi connectivity index (χ1n) is 4.74. The summed E-state index contributed by atoms with van der Waals surface area (Å²) >= 11 is 5.45. The van der Waals surface area contributed by atoms with Crippen LogP contribution in [0, 0.1) is 0 Å². The minimum atomic E-state index is -0.451. The molecule has 1 N–H and O–H groups in total. The lowest BCUT2D eigenvalue weighted by molar-refractivity contribution is 0.155. The van der Waals surface area contributed by atoms with Crippen LogP contribution in [-0.2, 0) is 18.4 Å². The Morgan fingerprint density at radius 2 is 2.08 bits per heavy atom. The van der Waals surface area contributed by atoms with Crippen LogP contribution in [0.1, 0.15) is 34.6 Å². The highest BCUT2D eigenvalue weighted by Gasteiger charge is 2.46. The molecule has 0 amide bonds. The van der Waals surface area contributed by atoms with Gasteiger partial charge in [-0.15, -0.1) is 11.3 Å². The summed E-state index contributed by atoms with van der Waals surface area (Å²) in [6.45, 7) is 0. The van der Waals surface area contributed by atoms with E-state index in [1.165, 1.54) is 39.1 Å². The number of aliphatic hydroxyl groups is 1. The van der Waals surface area contributed by atoms with Crippen LogP contribution in [0.3, 0.4) is 0 Å². The van der Waals surface area contributed by atoms with E-state index in [1.807, 2.05) is 11.3 Å². The molecule has 13 heavy (non-hydrogen) atoms. The highest BCUT2D eigenvalue weighted by molar-refractivity contribution is 9.10. The number of aryl methyl sites for hydroxylation is 1. The third kappa shape index (κ3) is 1.14. The number of halogens is 1. The first-order valence-corrected chi connectivity index (χ1v) is 6.34. The molecule has 1 saturated carbocycles. The van der Waals surface area contributed by atoms with Gasteiger partial charge in [0.2, 0.25) is 0 Å². The molecule has 0 atom stereocenters. The molecule has 1 heterocycles. The van der Waals surface area contributed by atoms with E-state index >= 15 is 0 Å². The highest BCUT2D eigenvalue weighted by Crippen LogP contribution is 2.53. The largest absolute Gasteiger partial charge is 0.384 e.